The summed E-state index contributed by atoms with van der Waals surface area (Å²) in [7, 11) is -3.50. The predicted molar refractivity (Wildman–Crippen MR) is 67.2 cm³/mol. The Hall–Kier alpha value is -0.700. The lowest BCUT2D eigenvalue weighted by molar-refractivity contribution is -0.118. The Labute approximate surface area is 108 Å². The molecule has 1 amide bonds. The van der Waals surface area contributed by atoms with Gasteiger partial charge >= 0.3 is 0 Å². The van der Waals surface area contributed by atoms with Gasteiger partial charge < -0.3 is 10.1 Å². The Bertz CT molecular complexity index is 375. The van der Waals surface area contributed by atoms with Gasteiger partial charge in [0.2, 0.25) is 5.91 Å². The van der Waals surface area contributed by atoms with Gasteiger partial charge in [-0.2, -0.15) is 12.7 Å². The van der Waals surface area contributed by atoms with Gasteiger partial charge in [0.25, 0.3) is 10.2 Å². The molecule has 0 saturated carbocycles. The third-order valence-corrected chi connectivity index (χ3v) is 4.06. The first-order valence-electron chi connectivity index (χ1n) is 5.96. The van der Waals surface area contributed by atoms with E-state index < -0.39 is 10.2 Å². The van der Waals surface area contributed by atoms with Crippen molar-refractivity contribution in [1.82, 2.24) is 14.3 Å². The number of nitrogens with one attached hydrogen (secondary N) is 2. The molecule has 0 spiro atoms. The molecule has 106 valence electrons. The van der Waals surface area contributed by atoms with Gasteiger partial charge in [0.1, 0.15) is 0 Å². The molecular formula is C10H21N3O4S. The van der Waals surface area contributed by atoms with E-state index in [1.807, 2.05) is 13.8 Å². The van der Waals surface area contributed by atoms with Crippen molar-refractivity contribution in [2.75, 3.05) is 26.2 Å². The highest BCUT2D eigenvalue weighted by atomic mass is 32.2. The number of amides is 1. The van der Waals surface area contributed by atoms with Gasteiger partial charge in [-0.05, 0) is 13.8 Å². The summed E-state index contributed by atoms with van der Waals surface area (Å²) in [6, 6.07) is 0. The smallest absolute Gasteiger partial charge is 0.279 e. The molecule has 2 unspecified atom stereocenters. The van der Waals surface area contributed by atoms with E-state index in [1.165, 1.54) is 11.2 Å². The molecule has 0 aromatic rings. The summed E-state index contributed by atoms with van der Waals surface area (Å²) < 4.78 is 33.2. The maximum Gasteiger partial charge on any atom is 0.279 e. The fraction of sp³-hybridized carbons (Fsp3) is 0.900. The summed E-state index contributed by atoms with van der Waals surface area (Å²) in [4.78, 5) is 10.6. The molecule has 1 fully saturated rings. The lowest BCUT2D eigenvalue weighted by atomic mass is 10.3. The number of hydrogen-bond donors (Lipinski definition) is 2. The van der Waals surface area contributed by atoms with E-state index in [0.29, 0.717) is 13.1 Å². The summed E-state index contributed by atoms with van der Waals surface area (Å²) in [6.07, 6.45) is -0.221. The molecule has 2 atom stereocenters. The van der Waals surface area contributed by atoms with Crippen LogP contribution in [0.15, 0.2) is 0 Å². The Morgan fingerprint density at radius 3 is 2.33 bits per heavy atom. The van der Waals surface area contributed by atoms with Crippen LogP contribution in [0, 0.1) is 0 Å². The van der Waals surface area contributed by atoms with Crippen LogP contribution in [0.1, 0.15) is 20.8 Å². The molecule has 0 bridgehead atoms. The largest absolute Gasteiger partial charge is 0.373 e. The van der Waals surface area contributed by atoms with Crippen molar-refractivity contribution in [2.24, 2.45) is 0 Å². The Morgan fingerprint density at radius 2 is 1.83 bits per heavy atom. The number of carbonyl (C=O) groups is 1. The zero-order valence-corrected chi connectivity index (χ0v) is 11.8. The maximum absolute atomic E-state index is 12.0. The fourth-order valence-electron chi connectivity index (χ4n) is 1.84. The van der Waals surface area contributed by atoms with Crippen molar-refractivity contribution in [1.29, 1.82) is 0 Å². The average molecular weight is 279 g/mol. The molecule has 7 nitrogen and oxygen atoms in total. The molecule has 0 aliphatic carbocycles. The van der Waals surface area contributed by atoms with E-state index in [9.17, 15) is 13.2 Å². The molecule has 1 saturated heterocycles. The van der Waals surface area contributed by atoms with Crippen LogP contribution in [0.5, 0.6) is 0 Å². The zero-order valence-electron chi connectivity index (χ0n) is 11.0. The van der Waals surface area contributed by atoms with Crippen molar-refractivity contribution in [2.45, 2.75) is 33.0 Å². The number of ether oxygens (including phenoxy) is 1. The van der Waals surface area contributed by atoms with Crippen LogP contribution in [-0.4, -0.2) is 57.0 Å². The number of hydrogen-bond acceptors (Lipinski definition) is 4. The van der Waals surface area contributed by atoms with Crippen LogP contribution in [-0.2, 0) is 19.7 Å². The Balaban J connectivity index is 2.45. The SMILES string of the molecule is CC(=O)NCCNS(=O)(=O)N1CC(C)OC(C)C1. The van der Waals surface area contributed by atoms with E-state index in [1.54, 1.807) is 0 Å². The van der Waals surface area contributed by atoms with Gasteiger partial charge in [-0.25, -0.2) is 4.72 Å². The molecule has 2 N–H and O–H groups in total. The summed E-state index contributed by atoms with van der Waals surface area (Å²) in [5.41, 5.74) is 0. The van der Waals surface area contributed by atoms with Crippen LogP contribution >= 0.6 is 0 Å². The lowest BCUT2D eigenvalue weighted by Gasteiger charge is -2.34. The summed E-state index contributed by atoms with van der Waals surface area (Å²) in [5.74, 6) is -0.178. The quantitative estimate of drug-likeness (QED) is 0.636. The third kappa shape index (κ3) is 4.89. The second-order valence-corrected chi connectivity index (χ2v) is 6.21. The molecule has 8 heteroatoms. The molecule has 1 rings (SSSR count). The van der Waals surface area contributed by atoms with Crippen molar-refractivity contribution >= 4 is 16.1 Å². The van der Waals surface area contributed by atoms with Crippen LogP contribution < -0.4 is 10.0 Å². The van der Waals surface area contributed by atoms with Gasteiger partial charge in [-0.1, -0.05) is 0 Å². The lowest BCUT2D eigenvalue weighted by Crippen LogP contribution is -2.52. The molecule has 0 aromatic heterocycles. The second-order valence-electron chi connectivity index (χ2n) is 4.46. The van der Waals surface area contributed by atoms with Crippen LogP contribution in [0.4, 0.5) is 0 Å². The normalized spacial score (nSPS) is 25.9. The first kappa shape index (κ1) is 15.4. The fourth-order valence-corrected chi connectivity index (χ4v) is 3.19. The van der Waals surface area contributed by atoms with Crippen molar-refractivity contribution in [3.8, 4) is 0 Å². The number of carbonyl (C=O) groups excluding carboxylic acids is 1. The van der Waals surface area contributed by atoms with Crippen molar-refractivity contribution in [3.05, 3.63) is 0 Å². The topological polar surface area (TPSA) is 87.7 Å². The first-order valence-corrected chi connectivity index (χ1v) is 7.40. The van der Waals surface area contributed by atoms with E-state index >= 15 is 0 Å². The highest BCUT2D eigenvalue weighted by Gasteiger charge is 2.30. The Kier molecular flexibility index (Phi) is 5.51. The van der Waals surface area contributed by atoms with E-state index in [-0.39, 0.29) is 31.2 Å². The predicted octanol–water partition coefficient (Wildman–Crippen LogP) is -0.934. The first-order chi connectivity index (χ1) is 8.31. The van der Waals surface area contributed by atoms with Crippen LogP contribution in [0.25, 0.3) is 0 Å². The van der Waals surface area contributed by atoms with Crippen LogP contribution in [0.3, 0.4) is 0 Å². The van der Waals surface area contributed by atoms with E-state index in [2.05, 4.69) is 10.0 Å². The number of nitrogens with zero attached hydrogens (tertiary/aromatic N) is 1. The minimum Gasteiger partial charge on any atom is -0.373 e. The molecule has 1 aliphatic heterocycles. The highest BCUT2D eigenvalue weighted by Crippen LogP contribution is 2.13. The average Bonchev–Trinajstić information content (AvgIpc) is 2.23. The number of morpholine rings is 1. The van der Waals surface area contributed by atoms with Gasteiger partial charge in [-0.3, -0.25) is 4.79 Å². The van der Waals surface area contributed by atoms with Crippen LogP contribution in [0.2, 0.25) is 0 Å². The monoisotopic (exact) mass is 279 g/mol. The third-order valence-electron chi connectivity index (χ3n) is 2.51. The standard InChI is InChI=1S/C10H21N3O4S/c1-8-6-13(7-9(2)17-8)18(15,16)12-5-4-11-10(3)14/h8-9,12H,4-7H2,1-3H3,(H,11,14). The molecule has 1 aliphatic rings. The van der Waals surface area contributed by atoms with E-state index in [4.69, 9.17) is 4.74 Å². The highest BCUT2D eigenvalue weighted by molar-refractivity contribution is 7.87. The van der Waals surface area contributed by atoms with Gasteiger partial charge in [0.15, 0.2) is 0 Å². The second kappa shape index (κ2) is 6.46. The molecule has 0 aromatic carbocycles. The minimum atomic E-state index is -3.50. The summed E-state index contributed by atoms with van der Waals surface area (Å²) in [5, 5.41) is 2.53. The van der Waals surface area contributed by atoms with Crippen molar-refractivity contribution < 1.29 is 17.9 Å². The van der Waals surface area contributed by atoms with E-state index in [0.717, 1.165) is 0 Å². The molecule has 18 heavy (non-hydrogen) atoms. The zero-order chi connectivity index (χ0) is 13.8. The van der Waals surface area contributed by atoms with Gasteiger partial charge in [-0.15, -0.1) is 0 Å². The molecular weight excluding hydrogens is 258 g/mol. The maximum atomic E-state index is 12.0. The molecule has 1 heterocycles. The summed E-state index contributed by atoms with van der Waals surface area (Å²) in [6.45, 7) is 6.23. The summed E-state index contributed by atoms with van der Waals surface area (Å²) >= 11 is 0. The van der Waals surface area contributed by atoms with Gasteiger partial charge in [0.05, 0.1) is 12.2 Å². The van der Waals surface area contributed by atoms with Gasteiger partial charge in [0, 0.05) is 33.1 Å². The Morgan fingerprint density at radius 1 is 1.28 bits per heavy atom. The minimum absolute atomic E-state index is 0.110. The molecule has 0 radical (unpaired) electrons. The number of rotatable bonds is 5. The van der Waals surface area contributed by atoms with Crippen molar-refractivity contribution in [3.63, 3.8) is 0 Å².